The lowest BCUT2D eigenvalue weighted by Gasteiger charge is -2.40. The second-order valence-electron chi connectivity index (χ2n) is 8.36. The van der Waals surface area contributed by atoms with Crippen molar-refractivity contribution in [1.29, 1.82) is 0 Å². The second-order valence-corrected chi connectivity index (χ2v) is 9.11. The average Bonchev–Trinajstić information content (AvgIpc) is 3.58. The molecule has 1 aromatic heterocycles. The first-order valence-corrected chi connectivity index (χ1v) is 11.5. The van der Waals surface area contributed by atoms with E-state index in [1.54, 1.807) is 13.1 Å². The van der Waals surface area contributed by atoms with Crippen LogP contribution < -0.4 is 10.2 Å². The molecular weight excluding hydrogens is 456 g/mol. The minimum atomic E-state index is -0.830. The maximum absolute atomic E-state index is 14.4. The van der Waals surface area contributed by atoms with Crippen LogP contribution in [0.15, 0.2) is 24.4 Å². The van der Waals surface area contributed by atoms with Crippen LogP contribution in [0.2, 0.25) is 10.3 Å². The number of carbonyl (C=O) groups excluding carboxylic acids is 1. The third kappa shape index (κ3) is 5.24. The number of benzene rings is 1. The fourth-order valence-electron chi connectivity index (χ4n) is 4.21. The Morgan fingerprint density at radius 2 is 2.12 bits per heavy atom. The Bertz CT molecular complexity index is 989. The van der Waals surface area contributed by atoms with Crippen molar-refractivity contribution in [2.45, 2.75) is 57.3 Å². The van der Waals surface area contributed by atoms with Gasteiger partial charge in [-0.15, -0.1) is 0 Å². The van der Waals surface area contributed by atoms with Gasteiger partial charge in [0.2, 0.25) is 5.28 Å². The number of halogens is 3. The minimum absolute atomic E-state index is 0.0166. The number of hydrogen-bond acceptors (Lipinski definition) is 5. The number of piperidine rings is 1. The van der Waals surface area contributed by atoms with Crippen molar-refractivity contribution in [3.05, 3.63) is 51.6 Å². The highest BCUT2D eigenvalue weighted by molar-refractivity contribution is 6.31. The van der Waals surface area contributed by atoms with Gasteiger partial charge in [-0.1, -0.05) is 11.6 Å². The lowest BCUT2D eigenvalue weighted by atomic mass is 10.0. The first-order valence-electron chi connectivity index (χ1n) is 10.8. The van der Waals surface area contributed by atoms with Gasteiger partial charge in [-0.05, 0) is 68.0 Å². The molecule has 4 rings (SSSR count). The summed E-state index contributed by atoms with van der Waals surface area (Å²) in [7, 11) is 0. The smallest absolute Gasteiger partial charge is 0.318 e. The second kappa shape index (κ2) is 9.77. The maximum Gasteiger partial charge on any atom is 0.318 e. The number of hydrogen-bond donors (Lipinski definition) is 2. The summed E-state index contributed by atoms with van der Waals surface area (Å²) in [5.74, 6) is 0.238. The van der Waals surface area contributed by atoms with Crippen molar-refractivity contribution in [2.75, 3.05) is 18.0 Å². The number of nitrogens with one attached hydrogen (secondary N) is 1. The fourth-order valence-corrected chi connectivity index (χ4v) is 4.66. The number of aliphatic hydroxyl groups is 1. The number of nitrogens with zero attached hydrogens (tertiary/aromatic N) is 4. The van der Waals surface area contributed by atoms with E-state index in [1.807, 2.05) is 11.0 Å². The molecule has 1 saturated heterocycles. The number of amides is 2. The largest absolute Gasteiger partial charge is 0.389 e. The van der Waals surface area contributed by atoms with E-state index in [4.69, 9.17) is 23.2 Å². The zero-order chi connectivity index (χ0) is 22.8. The van der Waals surface area contributed by atoms with Crippen LogP contribution in [-0.2, 0) is 6.54 Å². The van der Waals surface area contributed by atoms with Gasteiger partial charge in [0.1, 0.15) is 11.6 Å². The van der Waals surface area contributed by atoms with E-state index in [0.29, 0.717) is 12.1 Å². The number of aromatic nitrogens is 2. The number of rotatable bonds is 6. The van der Waals surface area contributed by atoms with Gasteiger partial charge in [0.25, 0.3) is 0 Å². The summed E-state index contributed by atoms with van der Waals surface area (Å²) in [4.78, 5) is 25.4. The summed E-state index contributed by atoms with van der Waals surface area (Å²) in [6.07, 6.45) is 4.54. The van der Waals surface area contributed by atoms with E-state index in [1.165, 1.54) is 12.1 Å². The zero-order valence-corrected chi connectivity index (χ0v) is 19.3. The molecule has 0 bridgehead atoms. The third-order valence-corrected chi connectivity index (χ3v) is 6.46. The molecule has 2 aliphatic rings. The minimum Gasteiger partial charge on any atom is -0.389 e. The first kappa shape index (κ1) is 23.0. The Hall–Kier alpha value is -2.16. The molecule has 2 amide bonds. The van der Waals surface area contributed by atoms with E-state index in [2.05, 4.69) is 20.2 Å². The Morgan fingerprint density at radius 3 is 2.81 bits per heavy atom. The molecule has 2 N–H and O–H groups in total. The molecule has 1 unspecified atom stereocenters. The first-order chi connectivity index (χ1) is 15.3. The zero-order valence-electron chi connectivity index (χ0n) is 17.8. The third-order valence-electron chi connectivity index (χ3n) is 5.95. The van der Waals surface area contributed by atoms with Crippen molar-refractivity contribution < 1.29 is 14.3 Å². The molecule has 1 aromatic carbocycles. The number of anilines is 1. The Morgan fingerprint density at radius 1 is 1.34 bits per heavy atom. The topological polar surface area (TPSA) is 81.6 Å². The molecule has 1 aliphatic carbocycles. The van der Waals surface area contributed by atoms with Crippen LogP contribution in [-0.4, -0.2) is 51.2 Å². The maximum atomic E-state index is 14.4. The number of aliphatic hydroxyl groups excluding tert-OH is 1. The summed E-state index contributed by atoms with van der Waals surface area (Å²) >= 11 is 12.0. The lowest BCUT2D eigenvalue weighted by molar-refractivity contribution is 0.160. The van der Waals surface area contributed by atoms with Crippen LogP contribution in [0.4, 0.5) is 15.0 Å². The highest BCUT2D eigenvalue weighted by Crippen LogP contribution is 2.32. The van der Waals surface area contributed by atoms with Crippen LogP contribution in [0.25, 0.3) is 0 Å². The fraction of sp³-hybridized carbons (Fsp3) is 0.500. The van der Waals surface area contributed by atoms with Crippen LogP contribution >= 0.6 is 23.2 Å². The molecule has 2 fully saturated rings. The van der Waals surface area contributed by atoms with Gasteiger partial charge < -0.3 is 20.2 Å². The molecule has 7 nitrogen and oxygen atoms in total. The summed E-state index contributed by atoms with van der Waals surface area (Å²) in [5, 5.41) is 13.1. The van der Waals surface area contributed by atoms with Crippen LogP contribution in [0.3, 0.4) is 0 Å². The monoisotopic (exact) mass is 481 g/mol. The molecule has 32 heavy (non-hydrogen) atoms. The Kier molecular flexibility index (Phi) is 7.02. The van der Waals surface area contributed by atoms with E-state index in [0.717, 1.165) is 38.0 Å². The van der Waals surface area contributed by atoms with Crippen molar-refractivity contribution in [2.24, 2.45) is 0 Å². The van der Waals surface area contributed by atoms with Crippen LogP contribution in [0, 0.1) is 5.82 Å². The van der Waals surface area contributed by atoms with E-state index >= 15 is 0 Å². The normalized spacial score (nSPS) is 19.5. The molecule has 0 radical (unpaired) electrons. The summed E-state index contributed by atoms with van der Waals surface area (Å²) in [5.41, 5.74) is 0.720. The lowest BCUT2D eigenvalue weighted by Crippen LogP contribution is -2.54. The van der Waals surface area contributed by atoms with E-state index in [9.17, 15) is 14.3 Å². The molecule has 172 valence electrons. The van der Waals surface area contributed by atoms with Gasteiger partial charge in [0.15, 0.2) is 0 Å². The summed E-state index contributed by atoms with van der Waals surface area (Å²) in [6, 6.07) is 4.50. The predicted octanol–water partition coefficient (Wildman–Crippen LogP) is 4.32. The van der Waals surface area contributed by atoms with Crippen LogP contribution in [0.1, 0.15) is 49.8 Å². The van der Waals surface area contributed by atoms with Gasteiger partial charge in [-0.2, -0.15) is 0 Å². The molecule has 1 saturated carbocycles. The van der Waals surface area contributed by atoms with Crippen molar-refractivity contribution in [3.63, 3.8) is 0 Å². The number of urea groups is 1. The SMILES string of the molecule is CC(O)c1cc(CNC(=O)N(C2CC2)[C@@H]2CCCN(c3ccnc(Cl)n3)C2)c(F)cc1Cl. The quantitative estimate of drug-likeness (QED) is 0.600. The van der Waals surface area contributed by atoms with Gasteiger partial charge in [-0.3, -0.25) is 0 Å². The van der Waals surface area contributed by atoms with Gasteiger partial charge in [-0.25, -0.2) is 19.2 Å². The van der Waals surface area contributed by atoms with Crippen molar-refractivity contribution in [3.8, 4) is 0 Å². The van der Waals surface area contributed by atoms with Gasteiger partial charge in [0, 0.05) is 42.5 Å². The highest BCUT2D eigenvalue weighted by Gasteiger charge is 2.39. The summed E-state index contributed by atoms with van der Waals surface area (Å²) in [6.45, 7) is 3.07. The molecule has 10 heteroatoms. The highest BCUT2D eigenvalue weighted by atomic mass is 35.5. The molecule has 2 heterocycles. The Balaban J connectivity index is 1.45. The molecule has 2 aromatic rings. The standard InChI is InChI=1S/C22H26Cl2FN5O2/c1-13(31)17-9-14(19(25)10-18(17)23)11-27-22(32)30(15-4-5-15)16-3-2-8-29(12-16)20-6-7-26-21(24)28-20/h6-7,9-10,13,15-16,31H,2-5,8,11-12H2,1H3,(H,27,32)/t13?,16-/m1/s1. The molecule has 2 atom stereocenters. The van der Waals surface area contributed by atoms with Crippen molar-refractivity contribution in [1.82, 2.24) is 20.2 Å². The van der Waals surface area contributed by atoms with Gasteiger partial charge in [0.05, 0.1) is 12.1 Å². The van der Waals surface area contributed by atoms with E-state index < -0.39 is 11.9 Å². The summed E-state index contributed by atoms with van der Waals surface area (Å²) < 4.78 is 14.4. The molecule has 0 spiro atoms. The predicted molar refractivity (Wildman–Crippen MR) is 121 cm³/mol. The van der Waals surface area contributed by atoms with Crippen LogP contribution in [0.5, 0.6) is 0 Å². The Labute approximate surface area is 196 Å². The average molecular weight is 482 g/mol. The van der Waals surface area contributed by atoms with Crippen molar-refractivity contribution >= 4 is 35.1 Å². The molecular formula is C22H26Cl2FN5O2. The van der Waals surface area contributed by atoms with E-state index in [-0.39, 0.29) is 40.5 Å². The number of carbonyl (C=O) groups is 1. The van der Waals surface area contributed by atoms with Gasteiger partial charge >= 0.3 is 6.03 Å². The molecule has 1 aliphatic heterocycles.